The van der Waals surface area contributed by atoms with Gasteiger partial charge in [-0.2, -0.15) is 0 Å². The van der Waals surface area contributed by atoms with Crippen molar-refractivity contribution < 1.29 is 4.74 Å². The average molecular weight is 214 g/mol. The van der Waals surface area contributed by atoms with E-state index in [-0.39, 0.29) is 0 Å². The molecule has 0 aromatic rings. The third kappa shape index (κ3) is 5.50. The first kappa shape index (κ1) is 12.9. The van der Waals surface area contributed by atoms with Gasteiger partial charge in [-0.05, 0) is 12.3 Å². The first-order valence-electron chi connectivity index (χ1n) is 6.43. The Kier molecular flexibility index (Phi) is 6.98. The van der Waals surface area contributed by atoms with Gasteiger partial charge in [-0.15, -0.1) is 0 Å². The van der Waals surface area contributed by atoms with Crippen LogP contribution in [0.3, 0.4) is 0 Å². The predicted molar refractivity (Wildman–Crippen MR) is 63.7 cm³/mol. The summed E-state index contributed by atoms with van der Waals surface area (Å²) in [7, 11) is 0. The molecule has 0 amide bonds. The average Bonchev–Trinajstić information content (AvgIpc) is 2.31. The van der Waals surface area contributed by atoms with Gasteiger partial charge in [-0.1, -0.05) is 33.1 Å². The summed E-state index contributed by atoms with van der Waals surface area (Å²) in [6.07, 6.45) is 5.33. The normalized spacial score (nSPS) is 20.4. The molecule has 1 heterocycles. The number of unbranched alkanes of at least 4 members (excludes halogenated alkanes) is 1. The molecular formula is C12H26N2O. The molecule has 1 N–H and O–H groups in total. The molecule has 0 radical (unpaired) electrons. The number of nitrogens with one attached hydrogen (secondary N) is 1. The molecule has 1 fully saturated rings. The molecule has 0 saturated carbocycles. The third-order valence-corrected chi connectivity index (χ3v) is 3.16. The molecule has 3 nitrogen and oxygen atoms in total. The molecule has 1 atom stereocenters. The minimum Gasteiger partial charge on any atom is -0.379 e. The van der Waals surface area contributed by atoms with Crippen LogP contribution < -0.4 is 5.43 Å². The molecule has 0 spiro atoms. The summed E-state index contributed by atoms with van der Waals surface area (Å²) in [4.78, 5) is 0. The molecule has 1 aliphatic rings. The van der Waals surface area contributed by atoms with E-state index in [0.29, 0.717) is 0 Å². The lowest BCUT2D eigenvalue weighted by Crippen LogP contribution is -2.47. The van der Waals surface area contributed by atoms with Gasteiger partial charge >= 0.3 is 0 Å². The summed E-state index contributed by atoms with van der Waals surface area (Å²) >= 11 is 0. The van der Waals surface area contributed by atoms with Crippen LogP contribution in [0.4, 0.5) is 0 Å². The summed E-state index contributed by atoms with van der Waals surface area (Å²) in [5, 5.41) is 2.30. The van der Waals surface area contributed by atoms with E-state index in [2.05, 4.69) is 24.3 Å². The van der Waals surface area contributed by atoms with Crippen molar-refractivity contribution in [1.82, 2.24) is 10.4 Å². The summed E-state index contributed by atoms with van der Waals surface area (Å²) in [5.41, 5.74) is 3.53. The molecule has 1 unspecified atom stereocenters. The first-order valence-corrected chi connectivity index (χ1v) is 6.43. The Balaban J connectivity index is 2.09. The van der Waals surface area contributed by atoms with Gasteiger partial charge in [0, 0.05) is 19.6 Å². The fourth-order valence-corrected chi connectivity index (χ4v) is 1.92. The summed E-state index contributed by atoms with van der Waals surface area (Å²) in [6, 6.07) is 0. The van der Waals surface area contributed by atoms with E-state index in [0.717, 1.165) is 38.8 Å². The van der Waals surface area contributed by atoms with E-state index >= 15 is 0 Å². The highest BCUT2D eigenvalue weighted by molar-refractivity contribution is 4.62. The van der Waals surface area contributed by atoms with Gasteiger partial charge in [0.05, 0.1) is 13.2 Å². The summed E-state index contributed by atoms with van der Waals surface area (Å²) < 4.78 is 5.32. The van der Waals surface area contributed by atoms with Crippen molar-refractivity contribution in [1.29, 1.82) is 0 Å². The highest BCUT2D eigenvalue weighted by Gasteiger charge is 2.11. The molecule has 1 aliphatic heterocycles. The Morgan fingerprint density at radius 1 is 1.27 bits per heavy atom. The van der Waals surface area contributed by atoms with Crippen LogP contribution in [-0.2, 0) is 4.74 Å². The van der Waals surface area contributed by atoms with Crippen LogP contribution >= 0.6 is 0 Å². The number of hydrazine groups is 1. The SMILES string of the molecule is CCCCC(CC)CNN1CCOCC1. The Labute approximate surface area is 94.1 Å². The quantitative estimate of drug-likeness (QED) is 0.702. The van der Waals surface area contributed by atoms with Crippen molar-refractivity contribution in [2.24, 2.45) is 5.92 Å². The van der Waals surface area contributed by atoms with Gasteiger partial charge < -0.3 is 4.74 Å². The van der Waals surface area contributed by atoms with Crippen molar-refractivity contribution in [3.05, 3.63) is 0 Å². The zero-order chi connectivity index (χ0) is 10.9. The highest BCUT2D eigenvalue weighted by atomic mass is 16.5. The smallest absolute Gasteiger partial charge is 0.0608 e. The Hall–Kier alpha value is -0.120. The minimum absolute atomic E-state index is 0.841. The summed E-state index contributed by atoms with van der Waals surface area (Å²) in [6.45, 7) is 9.51. The van der Waals surface area contributed by atoms with E-state index in [1.165, 1.54) is 25.7 Å². The van der Waals surface area contributed by atoms with Crippen molar-refractivity contribution in [2.45, 2.75) is 39.5 Å². The number of nitrogens with zero attached hydrogens (tertiary/aromatic N) is 1. The molecule has 3 heteroatoms. The van der Waals surface area contributed by atoms with Crippen LogP contribution in [0.5, 0.6) is 0 Å². The van der Waals surface area contributed by atoms with E-state index in [1.54, 1.807) is 0 Å². The standard InChI is InChI=1S/C12H26N2O/c1-3-5-6-12(4-2)11-13-14-7-9-15-10-8-14/h12-13H,3-11H2,1-2H3. The predicted octanol–water partition coefficient (Wildman–Crippen LogP) is 2.04. The van der Waals surface area contributed by atoms with Gasteiger partial charge in [0.25, 0.3) is 0 Å². The third-order valence-electron chi connectivity index (χ3n) is 3.16. The molecule has 0 bridgehead atoms. The molecule has 1 saturated heterocycles. The lowest BCUT2D eigenvalue weighted by atomic mass is 10.00. The monoisotopic (exact) mass is 214 g/mol. The van der Waals surface area contributed by atoms with Crippen LogP contribution in [0.1, 0.15) is 39.5 Å². The molecule has 15 heavy (non-hydrogen) atoms. The van der Waals surface area contributed by atoms with Crippen molar-refractivity contribution in [3.8, 4) is 0 Å². The zero-order valence-electron chi connectivity index (χ0n) is 10.3. The molecule has 90 valence electrons. The second-order valence-electron chi connectivity index (χ2n) is 4.38. The second-order valence-corrected chi connectivity index (χ2v) is 4.38. The fourth-order valence-electron chi connectivity index (χ4n) is 1.92. The van der Waals surface area contributed by atoms with Gasteiger partial charge in [-0.3, -0.25) is 5.43 Å². The Morgan fingerprint density at radius 3 is 2.60 bits per heavy atom. The first-order chi connectivity index (χ1) is 7.36. The van der Waals surface area contributed by atoms with Gasteiger partial charge in [-0.25, -0.2) is 5.01 Å². The molecule has 0 aliphatic carbocycles. The van der Waals surface area contributed by atoms with Crippen LogP contribution in [-0.4, -0.2) is 37.9 Å². The van der Waals surface area contributed by atoms with Gasteiger partial charge in [0.1, 0.15) is 0 Å². The van der Waals surface area contributed by atoms with Crippen LogP contribution in [0.25, 0.3) is 0 Å². The number of ether oxygens (including phenoxy) is 1. The maximum Gasteiger partial charge on any atom is 0.0608 e. The Bertz CT molecular complexity index is 147. The number of rotatable bonds is 7. The minimum atomic E-state index is 0.841. The zero-order valence-corrected chi connectivity index (χ0v) is 10.3. The number of morpholine rings is 1. The number of hydrogen-bond donors (Lipinski definition) is 1. The van der Waals surface area contributed by atoms with E-state index in [4.69, 9.17) is 4.74 Å². The molecular weight excluding hydrogens is 188 g/mol. The topological polar surface area (TPSA) is 24.5 Å². The second kappa shape index (κ2) is 8.08. The largest absolute Gasteiger partial charge is 0.379 e. The van der Waals surface area contributed by atoms with Crippen LogP contribution in [0.15, 0.2) is 0 Å². The highest BCUT2D eigenvalue weighted by Crippen LogP contribution is 2.11. The van der Waals surface area contributed by atoms with Gasteiger partial charge in [0.15, 0.2) is 0 Å². The summed E-state index contributed by atoms with van der Waals surface area (Å²) in [5.74, 6) is 0.841. The van der Waals surface area contributed by atoms with E-state index in [1.807, 2.05) is 0 Å². The maximum atomic E-state index is 5.32. The van der Waals surface area contributed by atoms with Crippen molar-refractivity contribution in [3.63, 3.8) is 0 Å². The molecule has 0 aromatic heterocycles. The van der Waals surface area contributed by atoms with Crippen LogP contribution in [0.2, 0.25) is 0 Å². The lowest BCUT2D eigenvalue weighted by Gasteiger charge is -2.29. The van der Waals surface area contributed by atoms with Crippen LogP contribution in [0, 0.1) is 5.92 Å². The Morgan fingerprint density at radius 2 is 2.00 bits per heavy atom. The lowest BCUT2D eigenvalue weighted by molar-refractivity contribution is 0.00893. The maximum absolute atomic E-state index is 5.32. The molecule has 1 rings (SSSR count). The molecule has 0 aromatic carbocycles. The van der Waals surface area contributed by atoms with Crippen molar-refractivity contribution in [2.75, 3.05) is 32.8 Å². The number of hydrogen-bond acceptors (Lipinski definition) is 3. The van der Waals surface area contributed by atoms with Crippen molar-refractivity contribution >= 4 is 0 Å². The van der Waals surface area contributed by atoms with E-state index in [9.17, 15) is 0 Å². The van der Waals surface area contributed by atoms with E-state index < -0.39 is 0 Å². The fraction of sp³-hybridized carbons (Fsp3) is 1.00. The van der Waals surface area contributed by atoms with Gasteiger partial charge in [0.2, 0.25) is 0 Å².